The van der Waals surface area contributed by atoms with E-state index in [1.54, 1.807) is 18.5 Å². The summed E-state index contributed by atoms with van der Waals surface area (Å²) in [5.41, 5.74) is 3.55. The highest BCUT2D eigenvalue weighted by atomic mass is 32.2. The number of hydrogen-bond acceptors (Lipinski definition) is 3. The molecule has 1 aromatic heterocycles. The number of aromatic nitrogens is 2. The number of hydrogen-bond donors (Lipinski definition) is 1. The van der Waals surface area contributed by atoms with Crippen LogP contribution in [0.2, 0.25) is 0 Å². The molecular formula is C16H17N3O2S. The molecule has 2 aromatic carbocycles. The van der Waals surface area contributed by atoms with Gasteiger partial charge < -0.3 is 4.57 Å². The van der Waals surface area contributed by atoms with Crippen LogP contribution in [0.4, 0.5) is 0 Å². The molecule has 22 heavy (non-hydrogen) atoms. The molecule has 0 atom stereocenters. The molecule has 0 saturated carbocycles. The second kappa shape index (κ2) is 5.90. The third kappa shape index (κ3) is 3.35. The number of sulfonamides is 1. The molecule has 0 aliphatic heterocycles. The van der Waals surface area contributed by atoms with Crippen molar-refractivity contribution in [2.24, 2.45) is 7.05 Å². The SMILES string of the molecule is Cn1cnc2cc(CNS(=O)(=O)Cc3ccccc3)ccc21. The smallest absolute Gasteiger partial charge is 0.216 e. The number of fused-ring (bicyclic) bond motifs is 1. The molecular weight excluding hydrogens is 298 g/mol. The van der Waals surface area contributed by atoms with Crippen molar-refractivity contribution in [3.05, 3.63) is 66.0 Å². The van der Waals surface area contributed by atoms with Crippen molar-refractivity contribution in [2.75, 3.05) is 0 Å². The predicted molar refractivity (Wildman–Crippen MR) is 86.6 cm³/mol. The zero-order valence-electron chi connectivity index (χ0n) is 12.2. The molecule has 3 aromatic rings. The van der Waals surface area contributed by atoms with Crippen molar-refractivity contribution >= 4 is 21.1 Å². The van der Waals surface area contributed by atoms with Gasteiger partial charge in [-0.3, -0.25) is 0 Å². The van der Waals surface area contributed by atoms with Crippen LogP contribution in [0.3, 0.4) is 0 Å². The zero-order chi connectivity index (χ0) is 15.6. The molecule has 5 nitrogen and oxygen atoms in total. The minimum absolute atomic E-state index is 0.0142. The summed E-state index contributed by atoms with van der Waals surface area (Å²) in [6, 6.07) is 14.9. The maximum absolute atomic E-state index is 12.1. The third-order valence-corrected chi connectivity index (χ3v) is 4.78. The van der Waals surface area contributed by atoms with Gasteiger partial charge in [0.2, 0.25) is 10.0 Å². The topological polar surface area (TPSA) is 64.0 Å². The minimum atomic E-state index is -3.36. The van der Waals surface area contributed by atoms with Crippen LogP contribution in [-0.2, 0) is 29.4 Å². The molecule has 0 bridgehead atoms. The first-order valence-electron chi connectivity index (χ1n) is 6.95. The van der Waals surface area contributed by atoms with Gasteiger partial charge in [0.25, 0.3) is 0 Å². The predicted octanol–water partition coefficient (Wildman–Crippen LogP) is 2.19. The van der Waals surface area contributed by atoms with E-state index in [0.717, 1.165) is 22.2 Å². The lowest BCUT2D eigenvalue weighted by atomic mass is 10.2. The Hall–Kier alpha value is -2.18. The monoisotopic (exact) mass is 315 g/mol. The van der Waals surface area contributed by atoms with Gasteiger partial charge in [-0.15, -0.1) is 0 Å². The van der Waals surface area contributed by atoms with Crippen LogP contribution in [0.15, 0.2) is 54.9 Å². The van der Waals surface area contributed by atoms with E-state index in [9.17, 15) is 8.42 Å². The Balaban J connectivity index is 1.70. The van der Waals surface area contributed by atoms with E-state index >= 15 is 0 Å². The van der Waals surface area contributed by atoms with E-state index in [1.807, 2.05) is 48.0 Å². The van der Waals surface area contributed by atoms with E-state index < -0.39 is 10.0 Å². The van der Waals surface area contributed by atoms with E-state index in [4.69, 9.17) is 0 Å². The maximum Gasteiger partial charge on any atom is 0.216 e. The van der Waals surface area contributed by atoms with Gasteiger partial charge in [0, 0.05) is 13.6 Å². The lowest BCUT2D eigenvalue weighted by Gasteiger charge is -2.07. The van der Waals surface area contributed by atoms with Crippen LogP contribution in [0, 0.1) is 0 Å². The summed E-state index contributed by atoms with van der Waals surface area (Å²) < 4.78 is 28.8. The summed E-state index contributed by atoms with van der Waals surface area (Å²) in [7, 11) is -1.43. The average molecular weight is 315 g/mol. The molecule has 6 heteroatoms. The summed E-state index contributed by atoms with van der Waals surface area (Å²) in [6.45, 7) is 0.266. The van der Waals surface area contributed by atoms with E-state index in [1.165, 1.54) is 0 Å². The molecule has 114 valence electrons. The van der Waals surface area contributed by atoms with Gasteiger partial charge in [-0.2, -0.15) is 0 Å². The molecule has 1 heterocycles. The highest BCUT2D eigenvalue weighted by molar-refractivity contribution is 7.88. The van der Waals surface area contributed by atoms with Gasteiger partial charge in [-0.1, -0.05) is 36.4 Å². The number of nitrogens with zero attached hydrogens (tertiary/aromatic N) is 2. The lowest BCUT2D eigenvalue weighted by Crippen LogP contribution is -2.24. The quantitative estimate of drug-likeness (QED) is 0.785. The van der Waals surface area contributed by atoms with Gasteiger partial charge in [0.05, 0.1) is 23.1 Å². The third-order valence-electron chi connectivity index (χ3n) is 3.49. The Labute approximate surface area is 129 Å². The zero-order valence-corrected chi connectivity index (χ0v) is 13.0. The molecule has 0 aliphatic rings. The van der Waals surface area contributed by atoms with Gasteiger partial charge in [0.15, 0.2) is 0 Å². The summed E-state index contributed by atoms with van der Waals surface area (Å²) >= 11 is 0. The van der Waals surface area contributed by atoms with Crippen LogP contribution >= 0.6 is 0 Å². The van der Waals surface area contributed by atoms with Crippen molar-refractivity contribution in [1.82, 2.24) is 14.3 Å². The van der Waals surface area contributed by atoms with Crippen LogP contribution in [0.5, 0.6) is 0 Å². The second-order valence-electron chi connectivity index (χ2n) is 5.24. The average Bonchev–Trinajstić information content (AvgIpc) is 2.87. The number of rotatable bonds is 5. The van der Waals surface area contributed by atoms with Crippen molar-refractivity contribution in [3.63, 3.8) is 0 Å². The van der Waals surface area contributed by atoms with E-state index in [0.29, 0.717) is 0 Å². The maximum atomic E-state index is 12.1. The fraction of sp³-hybridized carbons (Fsp3) is 0.188. The second-order valence-corrected chi connectivity index (χ2v) is 7.05. The Morgan fingerprint density at radius 2 is 1.86 bits per heavy atom. The summed E-state index contributed by atoms with van der Waals surface area (Å²) in [4.78, 5) is 4.28. The Bertz CT molecular complexity index is 886. The lowest BCUT2D eigenvalue weighted by molar-refractivity contribution is 0.580. The number of imidazole rings is 1. The summed E-state index contributed by atoms with van der Waals surface area (Å²) in [5, 5.41) is 0. The normalized spacial score (nSPS) is 11.9. The van der Waals surface area contributed by atoms with E-state index in [-0.39, 0.29) is 12.3 Å². The molecule has 0 radical (unpaired) electrons. The number of nitrogens with one attached hydrogen (secondary N) is 1. The van der Waals surface area contributed by atoms with Crippen molar-refractivity contribution in [1.29, 1.82) is 0 Å². The minimum Gasteiger partial charge on any atom is -0.334 e. The van der Waals surface area contributed by atoms with Crippen LogP contribution < -0.4 is 4.72 Å². The van der Waals surface area contributed by atoms with Crippen molar-refractivity contribution in [3.8, 4) is 0 Å². The number of aryl methyl sites for hydroxylation is 1. The van der Waals surface area contributed by atoms with Crippen molar-refractivity contribution in [2.45, 2.75) is 12.3 Å². The highest BCUT2D eigenvalue weighted by Gasteiger charge is 2.11. The summed E-state index contributed by atoms with van der Waals surface area (Å²) in [5.74, 6) is -0.0142. The standard InChI is InChI=1S/C16H17N3O2S/c1-19-12-17-15-9-14(7-8-16(15)19)10-18-22(20,21)11-13-5-3-2-4-6-13/h2-9,12,18H,10-11H2,1H3. The van der Waals surface area contributed by atoms with Crippen LogP contribution in [0.25, 0.3) is 11.0 Å². The Kier molecular flexibility index (Phi) is 3.96. The van der Waals surface area contributed by atoms with Gasteiger partial charge in [-0.05, 0) is 23.3 Å². The van der Waals surface area contributed by atoms with Gasteiger partial charge in [-0.25, -0.2) is 18.1 Å². The fourth-order valence-corrected chi connectivity index (χ4v) is 3.45. The number of benzene rings is 2. The van der Waals surface area contributed by atoms with E-state index in [2.05, 4.69) is 9.71 Å². The fourth-order valence-electron chi connectivity index (χ4n) is 2.33. The van der Waals surface area contributed by atoms with Crippen LogP contribution in [-0.4, -0.2) is 18.0 Å². The van der Waals surface area contributed by atoms with Crippen molar-refractivity contribution < 1.29 is 8.42 Å². The molecule has 0 saturated heterocycles. The molecule has 0 unspecified atom stereocenters. The van der Waals surface area contributed by atoms with Crippen LogP contribution in [0.1, 0.15) is 11.1 Å². The van der Waals surface area contributed by atoms with Gasteiger partial charge in [0.1, 0.15) is 0 Å². The summed E-state index contributed by atoms with van der Waals surface area (Å²) in [6.07, 6.45) is 1.74. The molecule has 3 rings (SSSR count). The first kappa shape index (κ1) is 14.7. The molecule has 0 fully saturated rings. The van der Waals surface area contributed by atoms with Gasteiger partial charge >= 0.3 is 0 Å². The molecule has 0 aliphatic carbocycles. The first-order valence-corrected chi connectivity index (χ1v) is 8.60. The first-order chi connectivity index (χ1) is 10.5. The molecule has 1 N–H and O–H groups in total. The largest absolute Gasteiger partial charge is 0.334 e. The Morgan fingerprint density at radius 1 is 1.09 bits per heavy atom. The molecule has 0 spiro atoms. The molecule has 0 amide bonds. The Morgan fingerprint density at radius 3 is 2.64 bits per heavy atom. The highest BCUT2D eigenvalue weighted by Crippen LogP contribution is 2.14.